The standard InChI is InChI=1S/C20H27FN2O4/c1-4-6-14(2)23-13-20(27-19(23)25)9-11-22(12-10-20)18(24)17-15(21)7-5-8-16(17)26-3/h5,7-8,14H,4,6,9-13H2,1-3H3/t14-/m0/s1. The number of rotatable bonds is 5. The molecule has 2 aliphatic heterocycles. The zero-order chi connectivity index (χ0) is 19.6. The number of hydrogen-bond acceptors (Lipinski definition) is 4. The lowest BCUT2D eigenvalue weighted by molar-refractivity contribution is 0.00288. The van der Waals surface area contributed by atoms with Gasteiger partial charge in [-0.3, -0.25) is 4.79 Å². The second-order valence-electron chi connectivity index (χ2n) is 7.43. The molecule has 1 spiro atoms. The molecule has 2 amide bonds. The van der Waals surface area contributed by atoms with Crippen LogP contribution in [-0.4, -0.2) is 60.2 Å². The van der Waals surface area contributed by atoms with Crippen molar-refractivity contribution >= 4 is 12.0 Å². The van der Waals surface area contributed by atoms with Gasteiger partial charge in [0.05, 0.1) is 13.7 Å². The van der Waals surface area contributed by atoms with Crippen molar-refractivity contribution in [2.24, 2.45) is 0 Å². The maximum absolute atomic E-state index is 14.2. The van der Waals surface area contributed by atoms with E-state index in [-0.39, 0.29) is 29.4 Å². The lowest BCUT2D eigenvalue weighted by Gasteiger charge is -2.37. The normalized spacial score (nSPS) is 19.9. The van der Waals surface area contributed by atoms with E-state index in [1.165, 1.54) is 19.2 Å². The van der Waals surface area contributed by atoms with Gasteiger partial charge in [0.25, 0.3) is 5.91 Å². The molecule has 1 aromatic carbocycles. The van der Waals surface area contributed by atoms with Gasteiger partial charge in [-0.1, -0.05) is 19.4 Å². The number of ether oxygens (including phenoxy) is 2. The van der Waals surface area contributed by atoms with Crippen LogP contribution in [0.15, 0.2) is 18.2 Å². The molecule has 27 heavy (non-hydrogen) atoms. The molecule has 0 radical (unpaired) electrons. The van der Waals surface area contributed by atoms with Crippen LogP contribution in [0, 0.1) is 5.82 Å². The van der Waals surface area contributed by atoms with Crippen molar-refractivity contribution in [1.29, 1.82) is 0 Å². The van der Waals surface area contributed by atoms with Gasteiger partial charge in [-0.05, 0) is 25.5 Å². The predicted octanol–water partition coefficient (Wildman–Crippen LogP) is 3.45. The number of methoxy groups -OCH3 is 1. The number of halogens is 1. The fraction of sp³-hybridized carbons (Fsp3) is 0.600. The van der Waals surface area contributed by atoms with E-state index >= 15 is 0 Å². The Labute approximate surface area is 159 Å². The van der Waals surface area contributed by atoms with Crippen LogP contribution in [0.1, 0.15) is 49.9 Å². The minimum Gasteiger partial charge on any atom is -0.496 e. The first-order chi connectivity index (χ1) is 12.9. The minimum atomic E-state index is -0.591. The van der Waals surface area contributed by atoms with Gasteiger partial charge < -0.3 is 19.3 Å². The second-order valence-corrected chi connectivity index (χ2v) is 7.43. The van der Waals surface area contributed by atoms with Crippen molar-refractivity contribution in [1.82, 2.24) is 9.80 Å². The number of benzene rings is 1. The fourth-order valence-electron chi connectivity index (χ4n) is 3.98. The van der Waals surface area contributed by atoms with Gasteiger partial charge in [0.2, 0.25) is 0 Å². The van der Waals surface area contributed by atoms with Gasteiger partial charge in [0.1, 0.15) is 22.7 Å². The summed E-state index contributed by atoms with van der Waals surface area (Å²) in [5.41, 5.74) is -0.590. The van der Waals surface area contributed by atoms with E-state index in [2.05, 4.69) is 6.92 Å². The molecule has 0 aliphatic carbocycles. The van der Waals surface area contributed by atoms with Gasteiger partial charge in [-0.25, -0.2) is 9.18 Å². The van der Waals surface area contributed by atoms with Gasteiger partial charge in [-0.2, -0.15) is 0 Å². The van der Waals surface area contributed by atoms with Crippen LogP contribution in [0.3, 0.4) is 0 Å². The topological polar surface area (TPSA) is 59.1 Å². The monoisotopic (exact) mass is 378 g/mol. The Bertz CT molecular complexity index is 716. The third-order valence-electron chi connectivity index (χ3n) is 5.61. The average molecular weight is 378 g/mol. The van der Waals surface area contributed by atoms with E-state index in [0.717, 1.165) is 12.8 Å². The van der Waals surface area contributed by atoms with Gasteiger partial charge in [0, 0.05) is 32.0 Å². The van der Waals surface area contributed by atoms with Crippen LogP contribution in [0.5, 0.6) is 5.75 Å². The van der Waals surface area contributed by atoms with Crippen LogP contribution in [0.2, 0.25) is 0 Å². The Morgan fingerprint density at radius 3 is 2.70 bits per heavy atom. The number of carbonyl (C=O) groups excluding carboxylic acids is 2. The molecule has 0 saturated carbocycles. The molecule has 2 aliphatic rings. The number of nitrogens with zero attached hydrogens (tertiary/aromatic N) is 2. The first-order valence-corrected chi connectivity index (χ1v) is 9.52. The largest absolute Gasteiger partial charge is 0.496 e. The minimum absolute atomic E-state index is 0.0439. The summed E-state index contributed by atoms with van der Waals surface area (Å²) in [7, 11) is 1.42. The van der Waals surface area contributed by atoms with Gasteiger partial charge >= 0.3 is 6.09 Å². The summed E-state index contributed by atoms with van der Waals surface area (Å²) in [6.45, 7) is 5.51. The van der Waals surface area contributed by atoms with Gasteiger partial charge in [0.15, 0.2) is 0 Å². The molecule has 7 heteroatoms. The van der Waals surface area contributed by atoms with Crippen LogP contribution >= 0.6 is 0 Å². The highest BCUT2D eigenvalue weighted by atomic mass is 19.1. The number of carbonyl (C=O) groups is 2. The van der Waals surface area contributed by atoms with E-state index in [9.17, 15) is 14.0 Å². The molecule has 6 nitrogen and oxygen atoms in total. The van der Waals surface area contributed by atoms with Crippen molar-refractivity contribution in [3.8, 4) is 5.75 Å². The molecular formula is C20H27FN2O4. The maximum Gasteiger partial charge on any atom is 0.410 e. The quantitative estimate of drug-likeness (QED) is 0.787. The van der Waals surface area contributed by atoms with Crippen LogP contribution < -0.4 is 4.74 Å². The number of amides is 2. The molecule has 1 aromatic rings. The predicted molar refractivity (Wildman–Crippen MR) is 98.4 cm³/mol. The SMILES string of the molecule is CCC[C@H](C)N1CC2(CCN(C(=O)c3c(F)cccc3OC)CC2)OC1=O. The van der Waals surface area contributed by atoms with Crippen LogP contribution in [-0.2, 0) is 4.74 Å². The summed E-state index contributed by atoms with van der Waals surface area (Å²) in [6, 6.07) is 4.49. The van der Waals surface area contributed by atoms with Crippen molar-refractivity contribution in [2.45, 2.75) is 51.2 Å². The highest BCUT2D eigenvalue weighted by molar-refractivity contribution is 5.97. The summed E-state index contributed by atoms with van der Waals surface area (Å²) in [4.78, 5) is 28.5. The molecule has 1 atom stereocenters. The first-order valence-electron chi connectivity index (χ1n) is 9.52. The molecule has 0 bridgehead atoms. The molecule has 3 rings (SSSR count). The van der Waals surface area contributed by atoms with Crippen molar-refractivity contribution in [3.63, 3.8) is 0 Å². The van der Waals surface area contributed by atoms with E-state index in [4.69, 9.17) is 9.47 Å². The Hall–Kier alpha value is -2.31. The third-order valence-corrected chi connectivity index (χ3v) is 5.61. The Balaban J connectivity index is 1.68. The number of piperidine rings is 1. The smallest absolute Gasteiger partial charge is 0.410 e. The maximum atomic E-state index is 14.2. The molecule has 2 saturated heterocycles. The zero-order valence-electron chi connectivity index (χ0n) is 16.2. The molecule has 2 fully saturated rings. The lowest BCUT2D eigenvalue weighted by atomic mass is 9.90. The van der Waals surface area contributed by atoms with E-state index in [1.807, 2.05) is 6.92 Å². The van der Waals surface area contributed by atoms with Crippen LogP contribution in [0.25, 0.3) is 0 Å². The summed E-state index contributed by atoms with van der Waals surface area (Å²) in [6.07, 6.45) is 2.77. The average Bonchev–Trinajstić information content (AvgIpc) is 2.97. The number of likely N-dealkylation sites (tertiary alicyclic amines) is 1. The molecule has 2 heterocycles. The Kier molecular flexibility index (Phi) is 5.58. The zero-order valence-corrected chi connectivity index (χ0v) is 16.2. The molecule has 148 valence electrons. The van der Waals surface area contributed by atoms with Gasteiger partial charge in [-0.15, -0.1) is 0 Å². The second kappa shape index (κ2) is 7.74. The molecule has 0 aromatic heterocycles. The Morgan fingerprint density at radius 1 is 1.37 bits per heavy atom. The summed E-state index contributed by atoms with van der Waals surface area (Å²) >= 11 is 0. The first kappa shape index (κ1) is 19.5. The summed E-state index contributed by atoms with van der Waals surface area (Å²) < 4.78 is 25.1. The molecule has 0 N–H and O–H groups in total. The molecular weight excluding hydrogens is 351 g/mol. The van der Waals surface area contributed by atoms with E-state index < -0.39 is 11.4 Å². The lowest BCUT2D eigenvalue weighted by Crippen LogP contribution is -2.49. The van der Waals surface area contributed by atoms with Crippen LogP contribution in [0.4, 0.5) is 9.18 Å². The van der Waals surface area contributed by atoms with E-state index in [0.29, 0.717) is 32.5 Å². The van der Waals surface area contributed by atoms with Crippen molar-refractivity contribution in [2.75, 3.05) is 26.7 Å². The fourth-order valence-corrected chi connectivity index (χ4v) is 3.98. The summed E-state index contributed by atoms with van der Waals surface area (Å²) in [5.74, 6) is -0.751. The summed E-state index contributed by atoms with van der Waals surface area (Å²) in [5, 5.41) is 0. The van der Waals surface area contributed by atoms with E-state index in [1.54, 1.807) is 15.9 Å². The number of hydrogen-bond donors (Lipinski definition) is 0. The molecule has 0 unspecified atom stereocenters. The highest BCUT2D eigenvalue weighted by Crippen LogP contribution is 2.35. The van der Waals surface area contributed by atoms with Crippen molar-refractivity contribution < 1.29 is 23.5 Å². The Morgan fingerprint density at radius 2 is 2.07 bits per heavy atom. The highest BCUT2D eigenvalue weighted by Gasteiger charge is 2.48. The van der Waals surface area contributed by atoms with Crippen molar-refractivity contribution in [3.05, 3.63) is 29.6 Å². The third kappa shape index (κ3) is 3.73.